The highest BCUT2D eigenvalue weighted by Crippen LogP contribution is 2.43. The van der Waals surface area contributed by atoms with Crippen LogP contribution in [0, 0.1) is 6.92 Å². The van der Waals surface area contributed by atoms with Crippen LogP contribution in [0.3, 0.4) is 0 Å². The summed E-state index contributed by atoms with van der Waals surface area (Å²) in [5, 5.41) is 4.73. The summed E-state index contributed by atoms with van der Waals surface area (Å²) in [5.74, 6) is -1.09. The Balaban J connectivity index is 1.86. The molecule has 0 radical (unpaired) electrons. The summed E-state index contributed by atoms with van der Waals surface area (Å²) in [6.07, 6.45) is 0. The summed E-state index contributed by atoms with van der Waals surface area (Å²) < 4.78 is 0.873. The molecule has 0 saturated carbocycles. The SMILES string of the molecule is Cc1ccc2c(c1)C1(NC(=O)NC1=O)C(=O)N2Cc1ccccc1Br. The van der Waals surface area contributed by atoms with Crippen LogP contribution in [0.1, 0.15) is 16.7 Å². The summed E-state index contributed by atoms with van der Waals surface area (Å²) in [6.45, 7) is 2.17. The van der Waals surface area contributed by atoms with Gasteiger partial charge in [-0.05, 0) is 24.6 Å². The van der Waals surface area contributed by atoms with Crippen LogP contribution in [0.4, 0.5) is 10.5 Å². The van der Waals surface area contributed by atoms with Gasteiger partial charge in [-0.2, -0.15) is 0 Å². The molecule has 4 rings (SSSR count). The third-order valence-electron chi connectivity index (χ3n) is 4.57. The number of halogens is 1. The second kappa shape index (κ2) is 5.42. The number of amides is 4. The van der Waals surface area contributed by atoms with Gasteiger partial charge in [0.15, 0.2) is 0 Å². The van der Waals surface area contributed by atoms with Crippen molar-refractivity contribution in [3.05, 3.63) is 63.6 Å². The molecule has 4 amide bonds. The minimum atomic E-state index is -1.68. The maximum absolute atomic E-state index is 13.2. The Hall–Kier alpha value is -2.67. The van der Waals surface area contributed by atoms with E-state index in [0.29, 0.717) is 17.8 Å². The first-order chi connectivity index (χ1) is 11.9. The number of carbonyl (C=O) groups is 3. The minimum absolute atomic E-state index is 0.293. The number of hydrogen-bond acceptors (Lipinski definition) is 3. The van der Waals surface area contributed by atoms with E-state index in [0.717, 1.165) is 15.6 Å². The molecule has 0 aromatic heterocycles. The molecule has 2 heterocycles. The first-order valence-electron chi connectivity index (χ1n) is 7.73. The second-order valence-electron chi connectivity index (χ2n) is 6.16. The van der Waals surface area contributed by atoms with Crippen molar-refractivity contribution >= 4 is 39.5 Å². The van der Waals surface area contributed by atoms with Gasteiger partial charge in [0.05, 0.1) is 12.2 Å². The molecule has 2 aromatic carbocycles. The fourth-order valence-corrected chi connectivity index (χ4v) is 3.77. The maximum atomic E-state index is 13.2. The van der Waals surface area contributed by atoms with Gasteiger partial charge in [-0.1, -0.05) is 51.8 Å². The van der Waals surface area contributed by atoms with Crippen molar-refractivity contribution in [3.63, 3.8) is 0 Å². The molecule has 126 valence electrons. The average molecular weight is 400 g/mol. The van der Waals surface area contributed by atoms with Gasteiger partial charge in [-0.25, -0.2) is 4.79 Å². The topological polar surface area (TPSA) is 78.5 Å². The van der Waals surface area contributed by atoms with E-state index in [1.165, 1.54) is 0 Å². The molecule has 7 heteroatoms. The number of aryl methyl sites for hydroxylation is 1. The lowest BCUT2D eigenvalue weighted by Crippen LogP contribution is -2.52. The molecular formula is C18H14BrN3O3. The van der Waals surface area contributed by atoms with Crippen molar-refractivity contribution < 1.29 is 14.4 Å². The molecule has 2 aliphatic heterocycles. The first kappa shape index (κ1) is 15.8. The maximum Gasteiger partial charge on any atom is 0.323 e. The zero-order chi connectivity index (χ0) is 17.8. The Kier molecular flexibility index (Phi) is 3.43. The van der Waals surface area contributed by atoms with Crippen molar-refractivity contribution in [1.29, 1.82) is 0 Å². The Morgan fingerprint density at radius 3 is 2.56 bits per heavy atom. The number of nitrogens with zero attached hydrogens (tertiary/aromatic N) is 1. The number of rotatable bonds is 2. The van der Waals surface area contributed by atoms with E-state index in [4.69, 9.17) is 0 Å². The zero-order valence-electron chi connectivity index (χ0n) is 13.3. The molecule has 1 saturated heterocycles. The summed E-state index contributed by atoms with van der Waals surface area (Å²) >= 11 is 3.48. The van der Waals surface area contributed by atoms with Gasteiger partial charge in [0.2, 0.25) is 5.54 Å². The van der Waals surface area contributed by atoms with Gasteiger partial charge < -0.3 is 10.2 Å². The molecule has 0 aliphatic carbocycles. The Bertz CT molecular complexity index is 943. The lowest BCUT2D eigenvalue weighted by molar-refractivity contribution is -0.134. The third-order valence-corrected chi connectivity index (χ3v) is 5.34. The van der Waals surface area contributed by atoms with Gasteiger partial charge >= 0.3 is 6.03 Å². The van der Waals surface area contributed by atoms with Gasteiger partial charge in [0, 0.05) is 10.0 Å². The van der Waals surface area contributed by atoms with E-state index in [2.05, 4.69) is 26.6 Å². The first-order valence-corrected chi connectivity index (χ1v) is 8.53. The number of fused-ring (bicyclic) bond motifs is 2. The van der Waals surface area contributed by atoms with Gasteiger partial charge in [0.25, 0.3) is 11.8 Å². The zero-order valence-corrected chi connectivity index (χ0v) is 14.9. The van der Waals surface area contributed by atoms with Gasteiger partial charge in [-0.3, -0.25) is 14.9 Å². The quantitative estimate of drug-likeness (QED) is 0.600. The molecule has 1 unspecified atom stereocenters. The van der Waals surface area contributed by atoms with Crippen molar-refractivity contribution in [2.24, 2.45) is 0 Å². The van der Waals surface area contributed by atoms with Gasteiger partial charge in [-0.15, -0.1) is 0 Å². The van der Waals surface area contributed by atoms with Crippen LogP contribution in [0.5, 0.6) is 0 Å². The number of urea groups is 1. The lowest BCUT2D eigenvalue weighted by Gasteiger charge is -2.21. The van der Waals surface area contributed by atoms with Crippen LogP contribution >= 0.6 is 15.9 Å². The molecule has 2 N–H and O–H groups in total. The predicted molar refractivity (Wildman–Crippen MR) is 94.9 cm³/mol. The summed E-state index contributed by atoms with van der Waals surface area (Å²) in [5.41, 5.74) is 1.27. The molecule has 2 aromatic rings. The van der Waals surface area contributed by atoms with Crippen LogP contribution in [0.15, 0.2) is 46.9 Å². The molecular weight excluding hydrogens is 386 g/mol. The molecule has 0 bridgehead atoms. The van der Waals surface area contributed by atoms with Crippen molar-refractivity contribution in [2.45, 2.75) is 19.0 Å². The van der Waals surface area contributed by atoms with Crippen molar-refractivity contribution in [3.8, 4) is 0 Å². The van der Waals surface area contributed by atoms with E-state index >= 15 is 0 Å². The number of imide groups is 1. The third kappa shape index (κ3) is 2.19. The highest BCUT2D eigenvalue weighted by atomic mass is 79.9. The number of benzene rings is 2. The molecule has 1 fully saturated rings. The Morgan fingerprint density at radius 2 is 1.88 bits per heavy atom. The van der Waals surface area contributed by atoms with Crippen molar-refractivity contribution in [1.82, 2.24) is 10.6 Å². The predicted octanol–water partition coefficient (Wildman–Crippen LogP) is 2.34. The normalized spacial score (nSPS) is 21.5. The fraction of sp³-hybridized carbons (Fsp3) is 0.167. The Morgan fingerprint density at radius 1 is 1.12 bits per heavy atom. The molecule has 2 aliphatic rings. The van der Waals surface area contributed by atoms with E-state index in [1.807, 2.05) is 43.3 Å². The standard InChI is InChI=1S/C18H14BrN3O3/c1-10-6-7-14-12(8-10)18(15(23)20-17(25)21-18)16(24)22(14)9-11-4-2-3-5-13(11)19/h2-8H,9H2,1H3,(H2,20,21,23,25). The molecule has 1 spiro atoms. The molecule has 25 heavy (non-hydrogen) atoms. The van der Waals surface area contributed by atoms with E-state index in [1.54, 1.807) is 11.0 Å². The monoisotopic (exact) mass is 399 g/mol. The highest BCUT2D eigenvalue weighted by molar-refractivity contribution is 9.10. The number of hydrogen-bond donors (Lipinski definition) is 2. The van der Waals surface area contributed by atoms with Crippen molar-refractivity contribution in [2.75, 3.05) is 4.90 Å². The smallest absolute Gasteiger partial charge is 0.312 e. The van der Waals surface area contributed by atoms with E-state index in [9.17, 15) is 14.4 Å². The number of carbonyl (C=O) groups excluding carboxylic acids is 3. The van der Waals surface area contributed by atoms with E-state index < -0.39 is 23.4 Å². The second-order valence-corrected chi connectivity index (χ2v) is 7.02. The number of nitrogens with one attached hydrogen (secondary N) is 2. The summed E-state index contributed by atoms with van der Waals surface area (Å²) in [6, 6.07) is 12.4. The summed E-state index contributed by atoms with van der Waals surface area (Å²) in [7, 11) is 0. The molecule has 6 nitrogen and oxygen atoms in total. The van der Waals surface area contributed by atoms with Crippen LogP contribution in [0.25, 0.3) is 0 Å². The van der Waals surface area contributed by atoms with Crippen LogP contribution in [-0.4, -0.2) is 17.8 Å². The van der Waals surface area contributed by atoms with Crippen LogP contribution in [-0.2, 0) is 21.7 Å². The highest BCUT2D eigenvalue weighted by Gasteiger charge is 2.61. The van der Waals surface area contributed by atoms with Gasteiger partial charge in [0.1, 0.15) is 0 Å². The van der Waals surface area contributed by atoms with E-state index in [-0.39, 0.29) is 0 Å². The Labute approximate surface area is 152 Å². The minimum Gasteiger partial charge on any atom is -0.312 e. The van der Waals surface area contributed by atoms with Crippen LogP contribution < -0.4 is 15.5 Å². The number of anilines is 1. The largest absolute Gasteiger partial charge is 0.323 e. The fourth-order valence-electron chi connectivity index (χ4n) is 3.36. The molecule has 1 atom stereocenters. The lowest BCUT2D eigenvalue weighted by atomic mass is 9.90. The summed E-state index contributed by atoms with van der Waals surface area (Å²) in [4.78, 5) is 39.0. The van der Waals surface area contributed by atoms with Crippen LogP contribution in [0.2, 0.25) is 0 Å². The average Bonchev–Trinajstić information content (AvgIpc) is 2.99.